The van der Waals surface area contributed by atoms with Crippen LogP contribution in [-0.4, -0.2) is 35.5 Å². The number of esters is 1. The summed E-state index contributed by atoms with van der Waals surface area (Å²) >= 11 is 0. The molecule has 0 aliphatic heterocycles. The topological polar surface area (TPSA) is 66.8 Å². The average Bonchev–Trinajstić information content (AvgIpc) is 2.59. The molecule has 172 valence electrons. The lowest BCUT2D eigenvalue weighted by Crippen LogP contribution is -2.31. The Morgan fingerprint density at radius 1 is 0.828 bits per heavy atom. The fraction of sp³-hybridized carbons (Fsp3) is 0.880. The Kier molecular flexibility index (Phi) is 11.2. The van der Waals surface area contributed by atoms with Gasteiger partial charge in [-0.25, -0.2) is 0 Å². The normalized spacial score (nSPS) is 15.0. The Hall–Kier alpha value is -0.870. The van der Waals surface area contributed by atoms with Crippen molar-refractivity contribution >= 4 is 5.97 Å². The van der Waals surface area contributed by atoms with Crippen LogP contribution in [0.2, 0.25) is 0 Å². The highest BCUT2D eigenvalue weighted by atomic mass is 16.5. The van der Waals surface area contributed by atoms with Crippen LogP contribution in [0.15, 0.2) is 12.2 Å². The van der Waals surface area contributed by atoms with Crippen LogP contribution in [0.25, 0.3) is 0 Å². The summed E-state index contributed by atoms with van der Waals surface area (Å²) in [5, 5.41) is 18.2. The Morgan fingerprint density at radius 2 is 1.28 bits per heavy atom. The predicted molar refractivity (Wildman–Crippen MR) is 122 cm³/mol. The van der Waals surface area contributed by atoms with E-state index < -0.39 is 18.1 Å². The van der Waals surface area contributed by atoms with Gasteiger partial charge in [-0.3, -0.25) is 4.79 Å². The summed E-state index contributed by atoms with van der Waals surface area (Å²) in [6.07, 6.45) is 9.77. The number of aliphatic hydroxyl groups is 2. The van der Waals surface area contributed by atoms with Gasteiger partial charge < -0.3 is 14.9 Å². The van der Waals surface area contributed by atoms with Gasteiger partial charge in [0.25, 0.3) is 0 Å². The highest BCUT2D eigenvalue weighted by molar-refractivity contribution is 5.75. The van der Waals surface area contributed by atoms with Gasteiger partial charge in [0.2, 0.25) is 0 Å². The maximum atomic E-state index is 12.3. The van der Waals surface area contributed by atoms with E-state index in [9.17, 15) is 9.90 Å². The highest BCUT2D eigenvalue weighted by Crippen LogP contribution is 2.36. The molecule has 0 saturated carbocycles. The van der Waals surface area contributed by atoms with Crippen LogP contribution in [0.5, 0.6) is 0 Å². The average molecular weight is 413 g/mol. The van der Waals surface area contributed by atoms with Crippen LogP contribution in [0.1, 0.15) is 101 Å². The fourth-order valence-corrected chi connectivity index (χ4v) is 2.90. The van der Waals surface area contributed by atoms with E-state index in [1.807, 2.05) is 13.8 Å². The summed E-state index contributed by atoms with van der Waals surface area (Å²) in [4.78, 5) is 12.3. The van der Waals surface area contributed by atoms with E-state index in [0.29, 0.717) is 10.8 Å². The third-order valence-corrected chi connectivity index (χ3v) is 5.66. The second kappa shape index (κ2) is 11.5. The van der Waals surface area contributed by atoms with Crippen LogP contribution in [0.3, 0.4) is 0 Å². The SMILES string of the molecule is CC(C)(C)CCC(C)(C)C/C=C/CC(C)(C)CCC(C)(C)C(=O)OCC(O)CO. The van der Waals surface area contributed by atoms with Gasteiger partial charge in [0, 0.05) is 0 Å². The molecule has 0 bridgehead atoms. The maximum Gasteiger partial charge on any atom is 0.311 e. The molecule has 0 aliphatic carbocycles. The lowest BCUT2D eigenvalue weighted by molar-refractivity contribution is -0.158. The second-order valence-electron chi connectivity index (χ2n) is 12.1. The highest BCUT2D eigenvalue weighted by Gasteiger charge is 2.32. The molecule has 4 heteroatoms. The minimum Gasteiger partial charge on any atom is -0.462 e. The van der Waals surface area contributed by atoms with Crippen molar-refractivity contribution in [2.75, 3.05) is 13.2 Å². The molecule has 1 unspecified atom stereocenters. The number of aliphatic hydroxyl groups excluding tert-OH is 2. The van der Waals surface area contributed by atoms with Crippen molar-refractivity contribution in [1.82, 2.24) is 0 Å². The first-order valence-electron chi connectivity index (χ1n) is 11.1. The van der Waals surface area contributed by atoms with Crippen molar-refractivity contribution < 1.29 is 19.7 Å². The third kappa shape index (κ3) is 13.9. The number of ether oxygens (including phenoxy) is 1. The molecule has 0 rings (SSSR count). The van der Waals surface area contributed by atoms with Crippen molar-refractivity contribution in [2.24, 2.45) is 21.7 Å². The summed E-state index contributed by atoms with van der Waals surface area (Å²) < 4.78 is 5.14. The smallest absolute Gasteiger partial charge is 0.311 e. The van der Waals surface area contributed by atoms with Crippen molar-refractivity contribution in [3.63, 3.8) is 0 Å². The fourth-order valence-electron chi connectivity index (χ4n) is 2.90. The zero-order chi connectivity index (χ0) is 22.9. The van der Waals surface area contributed by atoms with E-state index in [0.717, 1.165) is 25.7 Å². The van der Waals surface area contributed by atoms with E-state index in [1.165, 1.54) is 12.8 Å². The monoisotopic (exact) mass is 412 g/mol. The Morgan fingerprint density at radius 3 is 1.69 bits per heavy atom. The molecule has 0 aliphatic rings. The molecule has 4 nitrogen and oxygen atoms in total. The number of allylic oxidation sites excluding steroid dienone is 2. The molecule has 0 aromatic carbocycles. The number of carbonyl (C=O) groups is 1. The zero-order valence-electron chi connectivity index (χ0n) is 20.6. The molecule has 0 heterocycles. The first-order chi connectivity index (χ1) is 13.0. The molecular formula is C25H48O4. The number of rotatable bonds is 13. The van der Waals surface area contributed by atoms with Gasteiger partial charge in [0.15, 0.2) is 0 Å². The molecule has 0 spiro atoms. The quantitative estimate of drug-likeness (QED) is 0.292. The number of hydrogen-bond acceptors (Lipinski definition) is 4. The van der Waals surface area contributed by atoms with Gasteiger partial charge in [-0.2, -0.15) is 0 Å². The van der Waals surface area contributed by atoms with Crippen LogP contribution in [0, 0.1) is 21.7 Å². The van der Waals surface area contributed by atoms with Crippen molar-refractivity contribution in [3.8, 4) is 0 Å². The Labute approximate surface area is 180 Å². The van der Waals surface area contributed by atoms with Crippen LogP contribution in [-0.2, 0) is 9.53 Å². The van der Waals surface area contributed by atoms with Crippen molar-refractivity contribution in [3.05, 3.63) is 12.2 Å². The summed E-state index contributed by atoms with van der Waals surface area (Å²) in [6.45, 7) is 19.3. The molecule has 1 atom stereocenters. The molecular weight excluding hydrogens is 364 g/mol. The lowest BCUT2D eigenvalue weighted by Gasteiger charge is -2.30. The predicted octanol–water partition coefficient (Wildman–Crippen LogP) is 5.90. The van der Waals surface area contributed by atoms with Crippen molar-refractivity contribution in [1.29, 1.82) is 0 Å². The summed E-state index contributed by atoms with van der Waals surface area (Å²) in [7, 11) is 0. The molecule has 0 aromatic rings. The molecule has 0 saturated heterocycles. The van der Waals surface area contributed by atoms with Crippen LogP contribution >= 0.6 is 0 Å². The second-order valence-corrected chi connectivity index (χ2v) is 12.1. The zero-order valence-corrected chi connectivity index (χ0v) is 20.6. The van der Waals surface area contributed by atoms with Gasteiger partial charge in [-0.1, -0.05) is 60.6 Å². The maximum absolute atomic E-state index is 12.3. The molecule has 29 heavy (non-hydrogen) atoms. The summed E-state index contributed by atoms with van der Waals surface area (Å²) in [5.74, 6) is -0.322. The van der Waals surface area contributed by atoms with E-state index in [2.05, 4.69) is 60.6 Å². The third-order valence-electron chi connectivity index (χ3n) is 5.66. The standard InChI is InChI=1S/C25H48O4/c1-22(2,3)14-15-23(4,5)12-10-11-13-24(6,7)16-17-25(8,9)21(28)29-19-20(27)18-26/h10-11,20,26-27H,12-19H2,1-9H3/b11-10+. The largest absolute Gasteiger partial charge is 0.462 e. The minimum atomic E-state index is -1.01. The first-order valence-corrected chi connectivity index (χ1v) is 11.1. The van der Waals surface area contributed by atoms with Gasteiger partial charge in [-0.05, 0) is 68.6 Å². The van der Waals surface area contributed by atoms with Gasteiger partial charge >= 0.3 is 5.97 Å². The van der Waals surface area contributed by atoms with Crippen LogP contribution in [0.4, 0.5) is 0 Å². The lowest BCUT2D eigenvalue weighted by atomic mass is 9.76. The molecule has 0 amide bonds. The first kappa shape index (κ1) is 28.1. The molecule has 0 fully saturated rings. The summed E-state index contributed by atoms with van der Waals surface area (Å²) in [6, 6.07) is 0. The number of carbonyl (C=O) groups excluding carboxylic acids is 1. The number of hydrogen-bond donors (Lipinski definition) is 2. The minimum absolute atomic E-state index is 0.105. The van der Waals surface area contributed by atoms with E-state index in [1.54, 1.807) is 0 Å². The van der Waals surface area contributed by atoms with E-state index >= 15 is 0 Å². The van der Waals surface area contributed by atoms with Gasteiger partial charge in [0.05, 0.1) is 12.0 Å². The van der Waals surface area contributed by atoms with E-state index in [4.69, 9.17) is 9.84 Å². The Balaban J connectivity index is 4.46. The van der Waals surface area contributed by atoms with E-state index in [-0.39, 0.29) is 18.0 Å². The molecule has 0 radical (unpaired) electrons. The van der Waals surface area contributed by atoms with Gasteiger partial charge in [0.1, 0.15) is 12.7 Å². The van der Waals surface area contributed by atoms with Gasteiger partial charge in [-0.15, -0.1) is 0 Å². The summed E-state index contributed by atoms with van der Waals surface area (Å²) in [5.41, 5.74) is 0.200. The Bertz CT molecular complexity index is 509. The van der Waals surface area contributed by atoms with Crippen LogP contribution < -0.4 is 0 Å². The molecule has 2 N–H and O–H groups in total. The van der Waals surface area contributed by atoms with Crippen molar-refractivity contribution in [2.45, 2.75) is 107 Å². The molecule has 0 aromatic heterocycles.